The number of hydrogen-bond donors (Lipinski definition) is 0. The van der Waals surface area contributed by atoms with Crippen LogP contribution in [-0.2, 0) is 10.0 Å². The maximum atomic E-state index is 12.5. The minimum absolute atomic E-state index is 0.340. The monoisotopic (exact) mass is 299 g/mol. The molecule has 102 valence electrons. The summed E-state index contributed by atoms with van der Waals surface area (Å²) in [5.41, 5.74) is 0. The van der Waals surface area contributed by atoms with Crippen LogP contribution in [0.1, 0.15) is 30.6 Å². The summed E-state index contributed by atoms with van der Waals surface area (Å²) >= 11 is 1.22. The molecule has 8 heteroatoms. The number of hydrogen-bond acceptors (Lipinski definition) is 6. The maximum Gasteiger partial charge on any atom is 0.253 e. The lowest BCUT2D eigenvalue weighted by atomic mass is 10.2. The molecule has 1 aliphatic heterocycles. The van der Waals surface area contributed by atoms with Crippen LogP contribution in [0.5, 0.6) is 0 Å². The van der Waals surface area contributed by atoms with Crippen LogP contribution in [0, 0.1) is 6.92 Å². The molecule has 1 aliphatic rings. The van der Waals surface area contributed by atoms with Crippen molar-refractivity contribution in [3.8, 4) is 0 Å². The molecule has 0 bridgehead atoms. The van der Waals surface area contributed by atoms with Crippen LogP contribution < -0.4 is 0 Å². The lowest BCUT2D eigenvalue weighted by molar-refractivity contribution is 0.290. The fourth-order valence-electron chi connectivity index (χ4n) is 2.25. The second kappa shape index (κ2) is 4.69. The van der Waals surface area contributed by atoms with E-state index in [1.54, 1.807) is 24.4 Å². The molecule has 0 amide bonds. The average Bonchev–Trinajstić information content (AvgIpc) is 3.10. The van der Waals surface area contributed by atoms with Gasteiger partial charge in [0.25, 0.3) is 10.0 Å². The van der Waals surface area contributed by atoms with Crippen LogP contribution >= 0.6 is 11.3 Å². The van der Waals surface area contributed by atoms with E-state index in [9.17, 15) is 8.42 Å². The Morgan fingerprint density at radius 3 is 3.00 bits per heavy atom. The van der Waals surface area contributed by atoms with Crippen molar-refractivity contribution in [2.24, 2.45) is 0 Å². The number of aryl methyl sites for hydroxylation is 1. The number of sulfonamides is 1. The Morgan fingerprint density at radius 2 is 2.37 bits per heavy atom. The van der Waals surface area contributed by atoms with Gasteiger partial charge < -0.3 is 4.52 Å². The standard InChI is InChI=1S/C11H13N3O3S2/c1-8-12-11(17-13-8)9-4-2-6-14(9)19(15,16)10-5-3-7-18-10/h3,5,7,9H,2,4,6H2,1H3/t9-/m0/s1. The molecule has 1 atom stereocenters. The van der Waals surface area contributed by atoms with E-state index in [1.807, 2.05) is 0 Å². The SMILES string of the molecule is Cc1noc([C@@H]2CCCN2S(=O)(=O)c2cccs2)n1. The molecule has 0 unspecified atom stereocenters. The van der Waals surface area contributed by atoms with E-state index in [0.29, 0.717) is 28.9 Å². The molecule has 0 aromatic carbocycles. The van der Waals surface area contributed by atoms with Crippen molar-refractivity contribution in [3.63, 3.8) is 0 Å². The summed E-state index contributed by atoms with van der Waals surface area (Å²) in [6.45, 7) is 2.21. The third kappa shape index (κ3) is 2.19. The molecule has 19 heavy (non-hydrogen) atoms. The molecule has 6 nitrogen and oxygen atoms in total. The lowest BCUT2D eigenvalue weighted by Gasteiger charge is -2.20. The number of nitrogens with zero attached hydrogens (tertiary/aromatic N) is 3. The first-order valence-corrected chi connectivity index (χ1v) is 8.26. The van der Waals surface area contributed by atoms with Gasteiger partial charge >= 0.3 is 0 Å². The van der Waals surface area contributed by atoms with E-state index in [1.165, 1.54) is 15.6 Å². The smallest absolute Gasteiger partial charge is 0.253 e. The van der Waals surface area contributed by atoms with Gasteiger partial charge in [-0.15, -0.1) is 11.3 Å². The summed E-state index contributed by atoms with van der Waals surface area (Å²) in [5, 5.41) is 5.49. The van der Waals surface area contributed by atoms with Gasteiger partial charge in [-0.1, -0.05) is 11.2 Å². The topological polar surface area (TPSA) is 76.3 Å². The highest BCUT2D eigenvalue weighted by molar-refractivity contribution is 7.91. The van der Waals surface area contributed by atoms with Gasteiger partial charge in [0.05, 0.1) is 0 Å². The highest BCUT2D eigenvalue weighted by atomic mass is 32.2. The van der Waals surface area contributed by atoms with Gasteiger partial charge in [0.15, 0.2) is 5.82 Å². The molecule has 0 radical (unpaired) electrons. The highest BCUT2D eigenvalue weighted by Crippen LogP contribution is 2.36. The predicted octanol–water partition coefficient (Wildman–Crippen LogP) is 1.97. The van der Waals surface area contributed by atoms with E-state index in [4.69, 9.17) is 4.52 Å². The first-order chi connectivity index (χ1) is 9.09. The summed E-state index contributed by atoms with van der Waals surface area (Å²) in [6.07, 6.45) is 1.52. The van der Waals surface area contributed by atoms with Crippen LogP contribution in [0.3, 0.4) is 0 Å². The van der Waals surface area contributed by atoms with E-state index < -0.39 is 10.0 Å². The maximum absolute atomic E-state index is 12.5. The molecular formula is C11H13N3O3S2. The van der Waals surface area contributed by atoms with Gasteiger partial charge in [0.2, 0.25) is 5.89 Å². The minimum Gasteiger partial charge on any atom is -0.338 e. The largest absolute Gasteiger partial charge is 0.338 e. The third-order valence-corrected chi connectivity index (χ3v) is 6.37. The minimum atomic E-state index is -3.46. The Bertz CT molecular complexity index is 663. The fraction of sp³-hybridized carbons (Fsp3) is 0.455. The normalized spacial score (nSPS) is 21.0. The molecule has 3 heterocycles. The summed E-state index contributed by atoms with van der Waals surface area (Å²) < 4.78 is 32.0. The highest BCUT2D eigenvalue weighted by Gasteiger charge is 2.39. The van der Waals surface area contributed by atoms with E-state index in [-0.39, 0.29) is 6.04 Å². The average molecular weight is 299 g/mol. The number of aromatic nitrogens is 2. The summed E-state index contributed by atoms with van der Waals surface area (Å²) in [4.78, 5) is 4.16. The predicted molar refractivity (Wildman–Crippen MR) is 69.2 cm³/mol. The van der Waals surface area contributed by atoms with Gasteiger partial charge in [-0.25, -0.2) is 8.42 Å². The number of rotatable bonds is 3. The molecule has 1 fully saturated rings. The number of thiophene rings is 1. The van der Waals surface area contributed by atoms with Crippen molar-refractivity contribution in [2.45, 2.75) is 30.0 Å². The summed E-state index contributed by atoms with van der Waals surface area (Å²) in [6, 6.07) is 3.02. The fourth-order valence-corrected chi connectivity index (χ4v) is 5.02. The van der Waals surface area contributed by atoms with Crippen LogP contribution in [-0.4, -0.2) is 29.4 Å². The zero-order valence-corrected chi connectivity index (χ0v) is 11.9. The molecule has 3 rings (SSSR count). The molecule has 0 spiro atoms. The second-order valence-corrected chi connectivity index (χ2v) is 7.45. The van der Waals surface area contributed by atoms with Crippen molar-refractivity contribution in [1.82, 2.24) is 14.4 Å². The first kappa shape index (κ1) is 12.8. The Morgan fingerprint density at radius 1 is 1.53 bits per heavy atom. The van der Waals surface area contributed by atoms with Gasteiger partial charge in [-0.2, -0.15) is 9.29 Å². The Labute approximate surface area is 115 Å². The van der Waals surface area contributed by atoms with Crippen molar-refractivity contribution in [2.75, 3.05) is 6.54 Å². The third-order valence-electron chi connectivity index (χ3n) is 3.09. The van der Waals surface area contributed by atoms with Crippen molar-refractivity contribution in [1.29, 1.82) is 0 Å². The van der Waals surface area contributed by atoms with E-state index >= 15 is 0 Å². The van der Waals surface area contributed by atoms with Gasteiger partial charge in [-0.05, 0) is 31.2 Å². The Balaban J connectivity index is 1.96. The lowest BCUT2D eigenvalue weighted by Crippen LogP contribution is -2.30. The van der Waals surface area contributed by atoms with Crippen LogP contribution in [0.15, 0.2) is 26.2 Å². The van der Waals surface area contributed by atoms with E-state index in [0.717, 1.165) is 6.42 Å². The second-order valence-electron chi connectivity index (χ2n) is 4.39. The van der Waals surface area contributed by atoms with E-state index in [2.05, 4.69) is 10.1 Å². The molecule has 0 N–H and O–H groups in total. The zero-order valence-electron chi connectivity index (χ0n) is 10.3. The summed E-state index contributed by atoms with van der Waals surface area (Å²) in [7, 11) is -3.46. The first-order valence-electron chi connectivity index (χ1n) is 5.94. The van der Waals surface area contributed by atoms with Gasteiger partial charge in [-0.3, -0.25) is 0 Å². The molecule has 2 aromatic heterocycles. The van der Waals surface area contributed by atoms with Crippen molar-refractivity contribution >= 4 is 21.4 Å². The molecule has 0 aliphatic carbocycles. The van der Waals surface area contributed by atoms with Crippen molar-refractivity contribution < 1.29 is 12.9 Å². The quantitative estimate of drug-likeness (QED) is 0.866. The van der Waals surface area contributed by atoms with Crippen LogP contribution in [0.4, 0.5) is 0 Å². The molecule has 1 saturated heterocycles. The summed E-state index contributed by atoms with van der Waals surface area (Å²) in [5.74, 6) is 0.908. The Kier molecular flexibility index (Phi) is 3.15. The molecule has 0 saturated carbocycles. The molecular weight excluding hydrogens is 286 g/mol. The van der Waals surface area contributed by atoms with Crippen LogP contribution in [0.2, 0.25) is 0 Å². The van der Waals surface area contributed by atoms with Gasteiger partial charge in [0, 0.05) is 6.54 Å². The zero-order chi connectivity index (χ0) is 13.5. The van der Waals surface area contributed by atoms with Gasteiger partial charge in [0.1, 0.15) is 10.3 Å². The Hall–Kier alpha value is -1.25. The molecule has 2 aromatic rings. The van der Waals surface area contributed by atoms with Crippen LogP contribution in [0.25, 0.3) is 0 Å². The van der Waals surface area contributed by atoms with Crippen molar-refractivity contribution in [3.05, 3.63) is 29.2 Å².